The number of rotatable bonds is 7. The molecule has 34 heavy (non-hydrogen) atoms. The van der Waals surface area contributed by atoms with Gasteiger partial charge in [-0.15, -0.1) is 0 Å². The zero-order valence-corrected chi connectivity index (χ0v) is 22.2. The molecule has 0 spiro atoms. The summed E-state index contributed by atoms with van der Waals surface area (Å²) in [5.74, 6) is -0.322. The van der Waals surface area contributed by atoms with Crippen LogP contribution in [0, 0.1) is 12.3 Å². The van der Waals surface area contributed by atoms with E-state index in [0.29, 0.717) is 30.4 Å². The van der Waals surface area contributed by atoms with Crippen molar-refractivity contribution in [3.63, 3.8) is 0 Å². The van der Waals surface area contributed by atoms with E-state index in [2.05, 4.69) is 0 Å². The highest BCUT2D eigenvalue weighted by Crippen LogP contribution is 2.39. The number of nitrogens with zero attached hydrogens (tertiary/aromatic N) is 1. The number of aromatic nitrogens is 1. The Hall–Kier alpha value is -2.67. The van der Waals surface area contributed by atoms with Crippen molar-refractivity contribution in [1.29, 1.82) is 0 Å². The van der Waals surface area contributed by atoms with E-state index in [1.54, 1.807) is 38.1 Å². The Morgan fingerprint density at radius 1 is 1.18 bits per heavy atom. The number of carbonyl (C=O) groups excluding carboxylic acids is 2. The number of sulfone groups is 1. The van der Waals surface area contributed by atoms with E-state index in [4.69, 9.17) is 4.74 Å². The van der Waals surface area contributed by atoms with Gasteiger partial charge in [0.2, 0.25) is 0 Å². The lowest BCUT2D eigenvalue weighted by molar-refractivity contribution is -0.143. The lowest BCUT2D eigenvalue weighted by Crippen LogP contribution is -2.29. The van der Waals surface area contributed by atoms with Crippen molar-refractivity contribution in [2.75, 3.05) is 6.61 Å². The summed E-state index contributed by atoms with van der Waals surface area (Å²) >= 11 is 0. The SMILES string of the molecule is C/C=C/S(=O)(=O)c1ccccc1Cc1c2c(n(CC(=O)OCC)c1C)CC(C)(C)CC2=O.CC. The molecule has 1 aliphatic carbocycles. The fourth-order valence-electron chi connectivity index (χ4n) is 4.54. The van der Waals surface area contributed by atoms with Crippen LogP contribution in [0.15, 0.2) is 40.6 Å². The Bertz CT molecular complexity index is 1190. The molecule has 1 aromatic heterocycles. The van der Waals surface area contributed by atoms with E-state index in [9.17, 15) is 18.0 Å². The Morgan fingerprint density at radius 2 is 1.82 bits per heavy atom. The average Bonchev–Trinajstić information content (AvgIpc) is 3.00. The quantitative estimate of drug-likeness (QED) is 0.486. The molecule has 0 saturated carbocycles. The maximum Gasteiger partial charge on any atom is 0.325 e. The Morgan fingerprint density at radius 3 is 2.44 bits per heavy atom. The average molecular weight is 488 g/mol. The molecular formula is C27H37NO5S. The molecule has 0 aliphatic heterocycles. The van der Waals surface area contributed by atoms with Crippen molar-refractivity contribution in [2.45, 2.75) is 79.2 Å². The first-order chi connectivity index (χ1) is 16.0. The molecule has 1 heterocycles. The fraction of sp³-hybridized carbons (Fsp3) is 0.481. The van der Waals surface area contributed by atoms with Crippen molar-refractivity contribution in [3.05, 3.63) is 63.8 Å². The highest BCUT2D eigenvalue weighted by atomic mass is 32.2. The van der Waals surface area contributed by atoms with Crippen molar-refractivity contribution >= 4 is 21.6 Å². The predicted octanol–water partition coefficient (Wildman–Crippen LogP) is 5.44. The first-order valence-electron chi connectivity index (χ1n) is 11.9. The summed E-state index contributed by atoms with van der Waals surface area (Å²) in [4.78, 5) is 25.7. The summed E-state index contributed by atoms with van der Waals surface area (Å²) in [5, 5.41) is 1.19. The zero-order chi connectivity index (χ0) is 25.7. The van der Waals surface area contributed by atoms with Crippen LogP contribution in [0.5, 0.6) is 0 Å². The number of carbonyl (C=O) groups is 2. The van der Waals surface area contributed by atoms with Gasteiger partial charge in [-0.3, -0.25) is 9.59 Å². The normalized spacial score (nSPS) is 15.0. The summed E-state index contributed by atoms with van der Waals surface area (Å²) in [6.45, 7) is 13.7. The summed E-state index contributed by atoms with van der Waals surface area (Å²) < 4.78 is 32.6. The molecule has 0 fully saturated rings. The molecule has 2 aromatic rings. The molecule has 0 atom stereocenters. The zero-order valence-electron chi connectivity index (χ0n) is 21.4. The minimum absolute atomic E-state index is 0.0316. The van der Waals surface area contributed by atoms with Gasteiger partial charge in [0.15, 0.2) is 15.6 Å². The van der Waals surface area contributed by atoms with Gasteiger partial charge in [0.05, 0.1) is 11.5 Å². The summed E-state index contributed by atoms with van der Waals surface area (Å²) in [6, 6.07) is 6.86. The van der Waals surface area contributed by atoms with Crippen molar-refractivity contribution in [1.82, 2.24) is 4.57 Å². The van der Waals surface area contributed by atoms with Crippen LogP contribution < -0.4 is 0 Å². The van der Waals surface area contributed by atoms with Gasteiger partial charge in [-0.1, -0.05) is 52.0 Å². The molecule has 0 bridgehead atoms. The first kappa shape index (κ1) is 27.6. The number of ether oxygens (including phenoxy) is 1. The van der Waals surface area contributed by atoms with Gasteiger partial charge in [0.1, 0.15) is 6.54 Å². The number of fused-ring (bicyclic) bond motifs is 1. The Kier molecular flexibility index (Phi) is 9.06. The number of hydrogen-bond acceptors (Lipinski definition) is 5. The maximum atomic E-state index is 13.2. The van der Waals surface area contributed by atoms with E-state index in [0.717, 1.165) is 17.0 Å². The van der Waals surface area contributed by atoms with Crippen molar-refractivity contribution in [3.8, 4) is 0 Å². The van der Waals surface area contributed by atoms with Gasteiger partial charge in [0.25, 0.3) is 0 Å². The van der Waals surface area contributed by atoms with E-state index in [1.807, 2.05) is 39.2 Å². The van der Waals surface area contributed by atoms with E-state index in [-0.39, 0.29) is 35.2 Å². The second-order valence-electron chi connectivity index (χ2n) is 9.02. The van der Waals surface area contributed by atoms with Crippen LogP contribution >= 0.6 is 0 Å². The molecule has 0 N–H and O–H groups in total. The van der Waals surface area contributed by atoms with E-state index >= 15 is 0 Å². The van der Waals surface area contributed by atoms with Crippen LogP contribution in [0.3, 0.4) is 0 Å². The van der Waals surface area contributed by atoms with E-state index in [1.165, 1.54) is 11.5 Å². The molecular weight excluding hydrogens is 450 g/mol. The molecule has 1 aliphatic rings. The van der Waals surface area contributed by atoms with Crippen molar-refractivity contribution in [2.24, 2.45) is 5.41 Å². The van der Waals surface area contributed by atoms with Gasteiger partial charge < -0.3 is 9.30 Å². The molecule has 0 unspecified atom stereocenters. The van der Waals surface area contributed by atoms with Crippen LogP contribution in [0.25, 0.3) is 0 Å². The molecule has 1 aromatic carbocycles. The van der Waals surface area contributed by atoms with Gasteiger partial charge in [-0.05, 0) is 49.8 Å². The van der Waals surface area contributed by atoms with Crippen LogP contribution in [0.2, 0.25) is 0 Å². The standard InChI is InChI=1S/C25H31NO5S.C2H6/c1-6-12-32(29,30)22-11-9-8-10-18(22)13-19-17(3)26(16-23(28)31-7-2)20-14-25(4,5)15-21(27)24(19)20;1-2/h6,8-12H,7,13-16H2,1-5H3;1-2H3/b12-6+;. The first-order valence-corrected chi connectivity index (χ1v) is 13.4. The second-order valence-corrected chi connectivity index (χ2v) is 10.8. The monoisotopic (exact) mass is 487 g/mol. The van der Waals surface area contributed by atoms with Crippen molar-refractivity contribution < 1.29 is 22.7 Å². The summed E-state index contributed by atoms with van der Waals surface area (Å²) in [6.07, 6.45) is 2.87. The molecule has 0 amide bonds. The predicted molar refractivity (Wildman–Crippen MR) is 135 cm³/mol. The fourth-order valence-corrected chi connectivity index (χ4v) is 5.82. The van der Waals surface area contributed by atoms with Crippen LogP contribution in [0.1, 0.15) is 80.8 Å². The van der Waals surface area contributed by atoms with Crippen LogP contribution in [-0.2, 0) is 38.8 Å². The Labute approximate surface area is 203 Å². The third-order valence-corrected chi connectivity index (χ3v) is 7.52. The molecule has 186 valence electrons. The van der Waals surface area contributed by atoms with Gasteiger partial charge in [-0.25, -0.2) is 8.42 Å². The van der Waals surface area contributed by atoms with Gasteiger partial charge >= 0.3 is 5.97 Å². The molecule has 6 nitrogen and oxygen atoms in total. The van der Waals surface area contributed by atoms with Crippen LogP contribution in [0.4, 0.5) is 0 Å². The number of hydrogen-bond donors (Lipinski definition) is 0. The third-order valence-electron chi connectivity index (χ3n) is 5.88. The number of benzene rings is 1. The topological polar surface area (TPSA) is 82.4 Å². The second kappa shape index (κ2) is 11.2. The molecule has 3 rings (SSSR count). The number of ketones is 1. The number of Topliss-reactive ketones (excluding diaryl/α,β-unsaturated/α-hetero) is 1. The molecule has 0 saturated heterocycles. The minimum Gasteiger partial charge on any atom is -0.465 e. The summed E-state index contributed by atoms with van der Waals surface area (Å²) in [7, 11) is -3.59. The lowest BCUT2D eigenvalue weighted by Gasteiger charge is -2.30. The Balaban J connectivity index is 0.00000199. The highest BCUT2D eigenvalue weighted by molar-refractivity contribution is 7.94. The van der Waals surface area contributed by atoms with Gasteiger partial charge in [-0.2, -0.15) is 0 Å². The van der Waals surface area contributed by atoms with Crippen LogP contribution in [-0.4, -0.2) is 31.3 Å². The van der Waals surface area contributed by atoms with E-state index < -0.39 is 9.84 Å². The maximum absolute atomic E-state index is 13.2. The summed E-state index contributed by atoms with van der Waals surface area (Å²) in [5.41, 5.74) is 3.46. The molecule has 7 heteroatoms. The number of esters is 1. The smallest absolute Gasteiger partial charge is 0.325 e. The van der Waals surface area contributed by atoms with Gasteiger partial charge in [0, 0.05) is 35.2 Å². The third kappa shape index (κ3) is 5.87. The lowest BCUT2D eigenvalue weighted by atomic mass is 9.75. The molecule has 0 radical (unpaired) electrons. The largest absolute Gasteiger partial charge is 0.465 e. The minimum atomic E-state index is -3.59. The number of allylic oxidation sites excluding steroid dienone is 1. The highest BCUT2D eigenvalue weighted by Gasteiger charge is 2.37.